The van der Waals surface area contributed by atoms with Gasteiger partial charge in [-0.15, -0.1) is 5.10 Å². The summed E-state index contributed by atoms with van der Waals surface area (Å²) in [5.74, 6) is 1.01. The number of hydrogen-bond acceptors (Lipinski definition) is 5. The maximum absolute atomic E-state index is 12.8. The molecule has 0 atom stereocenters. The number of aromatic nitrogens is 4. The number of carbonyl (C=O) groups excluding carboxylic acids is 1. The molecule has 1 aromatic heterocycles. The first-order valence-corrected chi connectivity index (χ1v) is 9.44. The molecule has 0 bridgehead atoms. The van der Waals surface area contributed by atoms with Gasteiger partial charge in [0.2, 0.25) is 0 Å². The highest BCUT2D eigenvalue weighted by atomic mass is 35.5. The third kappa shape index (κ3) is 3.99. The molecule has 0 radical (unpaired) electrons. The van der Waals surface area contributed by atoms with Crippen molar-refractivity contribution in [3.05, 3.63) is 53.6 Å². The zero-order valence-electron chi connectivity index (χ0n) is 15.6. The smallest absolute Gasteiger partial charge is 0.267 e. The van der Waals surface area contributed by atoms with E-state index in [9.17, 15) is 4.79 Å². The van der Waals surface area contributed by atoms with Gasteiger partial charge in [0.15, 0.2) is 11.4 Å². The molecule has 3 aromatic rings. The summed E-state index contributed by atoms with van der Waals surface area (Å²) in [6.07, 6.45) is 2.18. The van der Waals surface area contributed by atoms with Crippen LogP contribution in [0, 0.1) is 0 Å². The molecule has 8 heteroatoms. The first-order chi connectivity index (χ1) is 13.4. The lowest BCUT2D eigenvalue weighted by molar-refractivity contribution is -0.128. The van der Waals surface area contributed by atoms with Gasteiger partial charge in [-0.2, -0.15) is 0 Å². The van der Waals surface area contributed by atoms with Crippen LogP contribution in [0.4, 0.5) is 5.69 Å². The summed E-state index contributed by atoms with van der Waals surface area (Å²) in [6, 6.07) is 14.8. The number of ether oxygens (including phenoxy) is 1. The van der Waals surface area contributed by atoms with Gasteiger partial charge in [-0.1, -0.05) is 23.7 Å². The van der Waals surface area contributed by atoms with Gasteiger partial charge in [0.1, 0.15) is 5.75 Å². The van der Waals surface area contributed by atoms with Gasteiger partial charge in [0.05, 0.1) is 6.04 Å². The second kappa shape index (κ2) is 7.24. The van der Waals surface area contributed by atoms with Gasteiger partial charge >= 0.3 is 0 Å². The second-order valence-corrected chi connectivity index (χ2v) is 7.72. The number of halogens is 1. The third-order valence-corrected chi connectivity index (χ3v) is 4.75. The quantitative estimate of drug-likeness (QED) is 0.676. The van der Waals surface area contributed by atoms with Crippen molar-refractivity contribution in [3.8, 4) is 17.1 Å². The SMILES string of the molecule is CC(C)(Oc1ccc(Cl)cc1)C(=O)Nc1cccc(-c2nnnn2C2CC2)c1. The van der Waals surface area contributed by atoms with E-state index in [1.54, 1.807) is 38.1 Å². The molecule has 1 saturated carbocycles. The molecule has 1 N–H and O–H groups in total. The number of benzene rings is 2. The van der Waals surface area contributed by atoms with Crippen LogP contribution in [0.15, 0.2) is 48.5 Å². The van der Waals surface area contributed by atoms with Crippen LogP contribution in [0.5, 0.6) is 5.75 Å². The number of hydrogen-bond donors (Lipinski definition) is 1. The fraction of sp³-hybridized carbons (Fsp3) is 0.300. The number of anilines is 1. The van der Waals surface area contributed by atoms with Crippen molar-refractivity contribution >= 4 is 23.2 Å². The minimum atomic E-state index is -1.07. The molecule has 1 aliphatic carbocycles. The van der Waals surface area contributed by atoms with Crippen LogP contribution < -0.4 is 10.1 Å². The monoisotopic (exact) mass is 397 g/mol. The molecule has 0 unspecified atom stereocenters. The van der Waals surface area contributed by atoms with E-state index in [1.807, 2.05) is 28.9 Å². The topological polar surface area (TPSA) is 81.9 Å². The van der Waals surface area contributed by atoms with E-state index in [0.717, 1.165) is 18.4 Å². The number of nitrogens with one attached hydrogen (secondary N) is 1. The van der Waals surface area contributed by atoms with Crippen molar-refractivity contribution in [1.82, 2.24) is 20.2 Å². The first kappa shape index (κ1) is 18.4. The lowest BCUT2D eigenvalue weighted by atomic mass is 10.1. The minimum absolute atomic E-state index is 0.263. The fourth-order valence-corrected chi connectivity index (χ4v) is 2.94. The van der Waals surface area contributed by atoms with Crippen molar-refractivity contribution in [3.63, 3.8) is 0 Å². The van der Waals surface area contributed by atoms with E-state index in [2.05, 4.69) is 20.8 Å². The van der Waals surface area contributed by atoms with Crippen LogP contribution in [-0.4, -0.2) is 31.7 Å². The third-order valence-electron chi connectivity index (χ3n) is 4.50. The maximum atomic E-state index is 12.8. The van der Waals surface area contributed by atoms with Crippen molar-refractivity contribution in [1.29, 1.82) is 0 Å². The Kier molecular flexibility index (Phi) is 4.77. The Hall–Kier alpha value is -2.93. The van der Waals surface area contributed by atoms with E-state index >= 15 is 0 Å². The molecule has 1 amide bonds. The van der Waals surface area contributed by atoms with Gasteiger partial charge in [-0.25, -0.2) is 4.68 Å². The predicted molar refractivity (Wildman–Crippen MR) is 106 cm³/mol. The Morgan fingerprint density at radius 1 is 1.21 bits per heavy atom. The van der Waals surface area contributed by atoms with Crippen LogP contribution in [0.2, 0.25) is 5.02 Å². The molecule has 0 saturated heterocycles. The average Bonchev–Trinajstić information content (AvgIpc) is 3.40. The number of nitrogens with zero attached hydrogens (tertiary/aromatic N) is 4. The summed E-state index contributed by atoms with van der Waals surface area (Å²) in [4.78, 5) is 12.8. The van der Waals surface area contributed by atoms with Gasteiger partial charge in [-0.3, -0.25) is 4.79 Å². The zero-order valence-corrected chi connectivity index (χ0v) is 16.3. The molecule has 0 spiro atoms. The van der Waals surface area contributed by atoms with E-state index < -0.39 is 5.60 Å². The Balaban J connectivity index is 1.49. The minimum Gasteiger partial charge on any atom is -0.478 e. The van der Waals surface area contributed by atoms with Crippen LogP contribution in [0.3, 0.4) is 0 Å². The lowest BCUT2D eigenvalue weighted by Gasteiger charge is -2.25. The van der Waals surface area contributed by atoms with Gasteiger partial charge in [-0.05, 0) is 73.5 Å². The normalized spacial score (nSPS) is 14.0. The molecule has 1 heterocycles. The molecule has 0 aliphatic heterocycles. The highest BCUT2D eigenvalue weighted by Crippen LogP contribution is 2.36. The van der Waals surface area contributed by atoms with Crippen LogP contribution in [0.1, 0.15) is 32.7 Å². The Labute approximate surface area is 167 Å². The zero-order chi connectivity index (χ0) is 19.7. The second-order valence-electron chi connectivity index (χ2n) is 7.28. The fourth-order valence-electron chi connectivity index (χ4n) is 2.81. The molecule has 144 valence electrons. The molecular weight excluding hydrogens is 378 g/mol. The summed E-state index contributed by atoms with van der Waals surface area (Å²) in [7, 11) is 0. The van der Waals surface area contributed by atoms with Crippen molar-refractivity contribution in [2.75, 3.05) is 5.32 Å². The van der Waals surface area contributed by atoms with E-state index in [0.29, 0.717) is 28.3 Å². The summed E-state index contributed by atoms with van der Waals surface area (Å²) in [5, 5.41) is 15.5. The highest BCUT2D eigenvalue weighted by Gasteiger charge is 2.31. The molecule has 4 rings (SSSR count). The van der Waals surface area contributed by atoms with Gasteiger partial charge in [0.25, 0.3) is 5.91 Å². The lowest BCUT2D eigenvalue weighted by Crippen LogP contribution is -2.42. The average molecular weight is 398 g/mol. The number of rotatable bonds is 6. The van der Waals surface area contributed by atoms with Crippen LogP contribution in [0.25, 0.3) is 11.4 Å². The van der Waals surface area contributed by atoms with Crippen LogP contribution >= 0.6 is 11.6 Å². The molecule has 2 aromatic carbocycles. The summed E-state index contributed by atoms with van der Waals surface area (Å²) < 4.78 is 7.69. The van der Waals surface area contributed by atoms with Crippen molar-refractivity contribution in [2.45, 2.75) is 38.3 Å². The number of carbonyl (C=O) groups is 1. The first-order valence-electron chi connectivity index (χ1n) is 9.07. The summed E-state index contributed by atoms with van der Waals surface area (Å²) in [5.41, 5.74) is 0.436. The van der Waals surface area contributed by atoms with Crippen molar-refractivity contribution in [2.24, 2.45) is 0 Å². The predicted octanol–water partition coefficient (Wildman–Crippen LogP) is 4.12. The summed E-state index contributed by atoms with van der Waals surface area (Å²) in [6.45, 7) is 3.43. The molecule has 28 heavy (non-hydrogen) atoms. The standard InChI is InChI=1S/C20H20ClN5O2/c1-20(2,28-17-10-6-14(21)7-11-17)19(27)22-15-5-3-4-13(12-15)18-23-24-25-26(18)16-8-9-16/h3-7,10-12,16H,8-9H2,1-2H3,(H,22,27). The molecule has 1 fully saturated rings. The Bertz CT molecular complexity index is 996. The molecule has 7 nitrogen and oxygen atoms in total. The van der Waals surface area contributed by atoms with Crippen LogP contribution in [-0.2, 0) is 4.79 Å². The number of amides is 1. The van der Waals surface area contributed by atoms with E-state index in [1.165, 1.54) is 0 Å². The van der Waals surface area contributed by atoms with Gasteiger partial charge < -0.3 is 10.1 Å². The maximum Gasteiger partial charge on any atom is 0.267 e. The molecular formula is C20H20ClN5O2. The van der Waals surface area contributed by atoms with E-state index in [4.69, 9.17) is 16.3 Å². The number of tetrazole rings is 1. The Morgan fingerprint density at radius 3 is 2.68 bits per heavy atom. The Morgan fingerprint density at radius 2 is 1.96 bits per heavy atom. The van der Waals surface area contributed by atoms with E-state index in [-0.39, 0.29) is 5.91 Å². The van der Waals surface area contributed by atoms with Crippen molar-refractivity contribution < 1.29 is 9.53 Å². The largest absolute Gasteiger partial charge is 0.478 e. The highest BCUT2D eigenvalue weighted by molar-refractivity contribution is 6.30. The molecule has 1 aliphatic rings. The van der Waals surface area contributed by atoms with Gasteiger partial charge in [0, 0.05) is 16.3 Å². The summed E-state index contributed by atoms with van der Waals surface area (Å²) >= 11 is 5.89.